The van der Waals surface area contributed by atoms with E-state index in [9.17, 15) is 26.4 Å². The van der Waals surface area contributed by atoms with Gasteiger partial charge < -0.3 is 14.5 Å². The first-order chi connectivity index (χ1) is 17.1. The maximum absolute atomic E-state index is 14.3. The summed E-state index contributed by atoms with van der Waals surface area (Å²) in [5.41, 5.74) is 1.39. The van der Waals surface area contributed by atoms with Crippen molar-refractivity contribution in [1.82, 2.24) is 9.55 Å². The lowest BCUT2D eigenvalue weighted by atomic mass is 10.0. The van der Waals surface area contributed by atoms with Crippen molar-refractivity contribution in [3.8, 4) is 22.6 Å². The van der Waals surface area contributed by atoms with E-state index >= 15 is 0 Å². The molecule has 11 heteroatoms. The number of imidazole rings is 1. The molecule has 1 aromatic heterocycles. The molecule has 0 bridgehead atoms. The van der Waals surface area contributed by atoms with Crippen LogP contribution in [-0.4, -0.2) is 43.2 Å². The van der Waals surface area contributed by atoms with Gasteiger partial charge in [0.2, 0.25) is 0 Å². The number of sulfone groups is 1. The van der Waals surface area contributed by atoms with Crippen LogP contribution in [0.15, 0.2) is 65.5 Å². The number of nitrogens with one attached hydrogen (secondary N) is 1. The monoisotopic (exact) mass is 520 g/mol. The SMILES string of the molecule is CCOc1cc(C(CS(C)(=O)=O)n2c(=O)[nH]c3cc(-c4ccccc4F)ccc32)ccc1OC(F)F. The van der Waals surface area contributed by atoms with Gasteiger partial charge in [-0.25, -0.2) is 17.6 Å². The Bertz CT molecular complexity index is 1560. The zero-order valence-corrected chi connectivity index (χ0v) is 20.2. The molecule has 3 aromatic carbocycles. The van der Waals surface area contributed by atoms with E-state index in [2.05, 4.69) is 9.72 Å². The fourth-order valence-corrected chi connectivity index (χ4v) is 5.02. The molecule has 4 rings (SSSR count). The number of benzene rings is 3. The molecule has 0 radical (unpaired) electrons. The topological polar surface area (TPSA) is 90.4 Å². The number of hydrogen-bond donors (Lipinski definition) is 1. The van der Waals surface area contributed by atoms with Gasteiger partial charge in [0, 0.05) is 11.8 Å². The third kappa shape index (κ3) is 5.40. The van der Waals surface area contributed by atoms with E-state index in [1.807, 2.05) is 0 Å². The normalized spacial score (nSPS) is 12.7. The van der Waals surface area contributed by atoms with Gasteiger partial charge >= 0.3 is 12.3 Å². The van der Waals surface area contributed by atoms with E-state index in [1.54, 1.807) is 43.3 Å². The summed E-state index contributed by atoms with van der Waals surface area (Å²) in [5, 5.41) is 0. The Labute approximate surface area is 205 Å². The second kappa shape index (κ2) is 10.1. The van der Waals surface area contributed by atoms with Gasteiger partial charge in [-0.2, -0.15) is 8.78 Å². The van der Waals surface area contributed by atoms with Crippen LogP contribution >= 0.6 is 0 Å². The number of hydrogen-bond acceptors (Lipinski definition) is 5. The van der Waals surface area contributed by atoms with Gasteiger partial charge in [0.15, 0.2) is 11.5 Å². The molecule has 190 valence electrons. The molecule has 0 fully saturated rings. The summed E-state index contributed by atoms with van der Waals surface area (Å²) in [6, 6.07) is 14.1. The van der Waals surface area contributed by atoms with Crippen LogP contribution in [0, 0.1) is 5.82 Å². The molecule has 7 nitrogen and oxygen atoms in total. The number of halogens is 3. The van der Waals surface area contributed by atoms with Crippen molar-refractivity contribution in [2.45, 2.75) is 19.6 Å². The first-order valence-electron chi connectivity index (χ1n) is 11.0. The van der Waals surface area contributed by atoms with Crippen molar-refractivity contribution in [3.05, 3.63) is 82.5 Å². The lowest BCUT2D eigenvalue weighted by Crippen LogP contribution is -2.28. The quantitative estimate of drug-likeness (QED) is 0.343. The lowest BCUT2D eigenvalue weighted by Gasteiger charge is -2.20. The van der Waals surface area contributed by atoms with E-state index < -0.39 is 39.8 Å². The first-order valence-corrected chi connectivity index (χ1v) is 13.0. The average Bonchev–Trinajstić information content (AvgIpc) is 3.13. The second-order valence-electron chi connectivity index (χ2n) is 8.14. The molecule has 0 saturated carbocycles. The van der Waals surface area contributed by atoms with Crippen LogP contribution in [0.1, 0.15) is 18.5 Å². The van der Waals surface area contributed by atoms with Crippen molar-refractivity contribution < 1.29 is 31.1 Å². The van der Waals surface area contributed by atoms with Gasteiger partial charge in [-0.15, -0.1) is 0 Å². The van der Waals surface area contributed by atoms with Crippen LogP contribution in [0.25, 0.3) is 22.2 Å². The Kier molecular flexibility index (Phi) is 7.11. The molecule has 1 atom stereocenters. The standard InChI is InChI=1S/C25H23F3N2O5S/c1-3-34-23-13-16(9-11-22(23)35-24(27)28)21(14-36(2,32)33)30-20-10-8-15(12-19(20)29-25(30)31)17-6-4-5-7-18(17)26/h4-13,21,24H,3,14H2,1-2H3,(H,29,31). The first kappa shape index (κ1) is 25.4. The van der Waals surface area contributed by atoms with Crippen LogP contribution in [0.2, 0.25) is 0 Å². The highest BCUT2D eigenvalue weighted by molar-refractivity contribution is 7.90. The van der Waals surface area contributed by atoms with Crippen molar-refractivity contribution in [2.24, 2.45) is 0 Å². The maximum atomic E-state index is 14.3. The molecule has 0 saturated heterocycles. The van der Waals surface area contributed by atoms with Gasteiger partial charge in [-0.3, -0.25) is 4.57 Å². The Hall–Kier alpha value is -3.73. The second-order valence-corrected chi connectivity index (χ2v) is 10.3. The van der Waals surface area contributed by atoms with Gasteiger partial charge in [0.25, 0.3) is 0 Å². The highest BCUT2D eigenvalue weighted by Crippen LogP contribution is 2.34. The molecule has 1 N–H and O–H groups in total. The summed E-state index contributed by atoms with van der Waals surface area (Å²) in [4.78, 5) is 15.8. The summed E-state index contributed by atoms with van der Waals surface area (Å²) in [6.45, 7) is -1.28. The maximum Gasteiger partial charge on any atom is 0.387 e. The predicted octanol–water partition coefficient (Wildman–Crippen LogP) is 4.77. The fraction of sp³-hybridized carbons (Fsp3) is 0.240. The molecule has 0 amide bonds. The Morgan fingerprint density at radius 2 is 1.78 bits per heavy atom. The summed E-state index contributed by atoms with van der Waals surface area (Å²) in [5.74, 6) is -1.10. The van der Waals surface area contributed by atoms with E-state index in [0.717, 1.165) is 6.26 Å². The molecule has 36 heavy (non-hydrogen) atoms. The molecule has 1 heterocycles. The smallest absolute Gasteiger partial charge is 0.387 e. The highest BCUT2D eigenvalue weighted by atomic mass is 32.2. The van der Waals surface area contributed by atoms with Crippen molar-refractivity contribution >= 4 is 20.9 Å². The summed E-state index contributed by atoms with van der Waals surface area (Å²) >= 11 is 0. The van der Waals surface area contributed by atoms with Crippen LogP contribution in [0.4, 0.5) is 13.2 Å². The number of aromatic amines is 1. The van der Waals surface area contributed by atoms with Crippen LogP contribution in [0.3, 0.4) is 0 Å². The predicted molar refractivity (Wildman–Crippen MR) is 130 cm³/mol. The minimum atomic E-state index is -3.61. The van der Waals surface area contributed by atoms with Gasteiger partial charge in [-0.05, 0) is 48.4 Å². The number of H-pyrrole nitrogens is 1. The summed E-state index contributed by atoms with van der Waals surface area (Å²) < 4.78 is 75.8. The molecular formula is C25H23F3N2O5S. The molecular weight excluding hydrogens is 497 g/mol. The zero-order chi connectivity index (χ0) is 26.0. The average molecular weight is 521 g/mol. The van der Waals surface area contributed by atoms with Gasteiger partial charge in [0.1, 0.15) is 15.7 Å². The highest BCUT2D eigenvalue weighted by Gasteiger charge is 2.25. The number of ether oxygens (including phenoxy) is 2. The minimum Gasteiger partial charge on any atom is -0.490 e. The Morgan fingerprint density at radius 3 is 2.44 bits per heavy atom. The molecule has 0 spiro atoms. The number of rotatable bonds is 9. The Balaban J connectivity index is 1.87. The van der Waals surface area contributed by atoms with Crippen LogP contribution < -0.4 is 15.2 Å². The molecule has 0 aliphatic heterocycles. The largest absolute Gasteiger partial charge is 0.490 e. The van der Waals surface area contributed by atoms with Crippen molar-refractivity contribution in [3.63, 3.8) is 0 Å². The lowest BCUT2D eigenvalue weighted by molar-refractivity contribution is -0.0514. The molecule has 0 aliphatic rings. The number of aromatic nitrogens is 2. The number of fused-ring (bicyclic) bond motifs is 1. The third-order valence-corrected chi connectivity index (χ3v) is 6.46. The van der Waals surface area contributed by atoms with E-state index in [4.69, 9.17) is 4.74 Å². The van der Waals surface area contributed by atoms with Gasteiger partial charge in [0.05, 0.1) is 29.4 Å². The van der Waals surface area contributed by atoms with Crippen LogP contribution in [0.5, 0.6) is 11.5 Å². The fourth-order valence-electron chi connectivity index (χ4n) is 4.10. The summed E-state index contributed by atoms with van der Waals surface area (Å²) in [6.07, 6.45) is 1.04. The minimum absolute atomic E-state index is 0.0106. The Morgan fingerprint density at radius 1 is 1.03 bits per heavy atom. The van der Waals surface area contributed by atoms with Crippen molar-refractivity contribution in [1.29, 1.82) is 0 Å². The third-order valence-electron chi connectivity index (χ3n) is 5.54. The molecule has 1 unspecified atom stereocenters. The van der Waals surface area contributed by atoms with Gasteiger partial charge in [-0.1, -0.05) is 30.3 Å². The van der Waals surface area contributed by atoms with Crippen LogP contribution in [-0.2, 0) is 9.84 Å². The van der Waals surface area contributed by atoms with E-state index in [1.165, 1.54) is 28.8 Å². The van der Waals surface area contributed by atoms with Crippen molar-refractivity contribution in [2.75, 3.05) is 18.6 Å². The molecule has 4 aromatic rings. The van der Waals surface area contributed by atoms with E-state index in [0.29, 0.717) is 27.7 Å². The number of alkyl halides is 2. The number of nitrogens with zero attached hydrogens (tertiary/aromatic N) is 1. The molecule has 0 aliphatic carbocycles. The zero-order valence-electron chi connectivity index (χ0n) is 19.4. The van der Waals surface area contributed by atoms with E-state index in [-0.39, 0.29) is 18.1 Å². The summed E-state index contributed by atoms with van der Waals surface area (Å²) in [7, 11) is -3.61.